The Labute approximate surface area is 164 Å². The lowest BCUT2D eigenvalue weighted by Gasteiger charge is -2.11. The van der Waals surface area contributed by atoms with Crippen LogP contribution in [-0.4, -0.2) is 40.3 Å². The van der Waals surface area contributed by atoms with E-state index in [0.717, 1.165) is 10.0 Å². The number of nitrogens with zero attached hydrogens (tertiary/aromatic N) is 2. The van der Waals surface area contributed by atoms with Gasteiger partial charge in [-0.3, -0.25) is 9.59 Å². The molecule has 7 heteroatoms. The Morgan fingerprint density at radius 1 is 1.33 bits per heavy atom. The van der Waals surface area contributed by atoms with E-state index in [0.29, 0.717) is 22.6 Å². The first-order chi connectivity index (χ1) is 12.9. The van der Waals surface area contributed by atoms with Gasteiger partial charge in [-0.1, -0.05) is 39.1 Å². The lowest BCUT2D eigenvalue weighted by atomic mass is 9.99. The number of hydrogen-bond donors (Lipinski definition) is 1. The fraction of sp³-hybridized carbons (Fsp3) is 0.150. The van der Waals surface area contributed by atoms with Gasteiger partial charge in [0.2, 0.25) is 0 Å². The summed E-state index contributed by atoms with van der Waals surface area (Å²) < 4.78 is 6.18. The maximum atomic E-state index is 13.0. The van der Waals surface area contributed by atoms with Gasteiger partial charge in [0.05, 0.1) is 12.1 Å². The summed E-state index contributed by atoms with van der Waals surface area (Å²) in [5, 5.41) is 4.04. The van der Waals surface area contributed by atoms with Gasteiger partial charge in [-0.25, -0.2) is 0 Å². The van der Waals surface area contributed by atoms with Crippen LogP contribution in [-0.2, 0) is 0 Å². The van der Waals surface area contributed by atoms with Crippen molar-refractivity contribution in [3.63, 3.8) is 0 Å². The molecule has 1 amide bonds. The third-order valence-corrected chi connectivity index (χ3v) is 4.59. The third-order valence-electron chi connectivity index (χ3n) is 4.06. The molecule has 0 atom stereocenters. The van der Waals surface area contributed by atoms with Crippen molar-refractivity contribution in [2.75, 3.05) is 13.6 Å². The van der Waals surface area contributed by atoms with Crippen LogP contribution in [0.3, 0.4) is 0 Å². The van der Waals surface area contributed by atoms with Crippen molar-refractivity contribution in [2.45, 2.75) is 6.92 Å². The fourth-order valence-corrected chi connectivity index (χ4v) is 2.92. The second-order valence-electron chi connectivity index (χ2n) is 5.97. The van der Waals surface area contributed by atoms with E-state index in [1.807, 2.05) is 24.3 Å². The number of H-pyrrole nitrogens is 1. The van der Waals surface area contributed by atoms with E-state index < -0.39 is 0 Å². The molecule has 136 valence electrons. The van der Waals surface area contributed by atoms with Crippen LogP contribution in [0.25, 0.3) is 11.3 Å². The highest BCUT2D eigenvalue weighted by Crippen LogP contribution is 2.28. The van der Waals surface area contributed by atoms with Crippen LogP contribution in [0.1, 0.15) is 32.2 Å². The maximum absolute atomic E-state index is 13.0. The van der Waals surface area contributed by atoms with Crippen molar-refractivity contribution >= 4 is 27.6 Å². The van der Waals surface area contributed by atoms with E-state index in [1.54, 1.807) is 14.0 Å². The molecule has 27 heavy (non-hydrogen) atoms. The molecule has 0 radical (unpaired) electrons. The van der Waals surface area contributed by atoms with Crippen molar-refractivity contribution in [2.24, 2.45) is 0 Å². The van der Waals surface area contributed by atoms with Gasteiger partial charge in [-0.2, -0.15) is 0 Å². The molecule has 0 bridgehead atoms. The molecular weight excluding hydrogens is 410 g/mol. The Hall–Kier alpha value is -3.11. The first-order valence-corrected chi connectivity index (χ1v) is 8.86. The summed E-state index contributed by atoms with van der Waals surface area (Å²) >= 11 is 3.38. The number of terminal acetylenes is 1. The highest BCUT2D eigenvalue weighted by molar-refractivity contribution is 9.10. The van der Waals surface area contributed by atoms with Gasteiger partial charge in [-0.15, -0.1) is 6.42 Å². The van der Waals surface area contributed by atoms with Crippen LogP contribution in [0.2, 0.25) is 0 Å². The number of hydrogen-bond acceptors (Lipinski definition) is 4. The van der Waals surface area contributed by atoms with E-state index in [9.17, 15) is 9.59 Å². The SMILES string of the molecule is C#CCN(C)C(=O)c1cc(C(=O)c2c(-c3ccc(Br)cc3)noc2C)c[nH]1. The molecule has 1 N–H and O–H groups in total. The van der Waals surface area contributed by atoms with Crippen LogP contribution < -0.4 is 0 Å². The van der Waals surface area contributed by atoms with Gasteiger partial charge in [0.1, 0.15) is 17.1 Å². The Morgan fingerprint density at radius 2 is 2.04 bits per heavy atom. The van der Waals surface area contributed by atoms with Crippen LogP contribution >= 0.6 is 15.9 Å². The minimum Gasteiger partial charge on any atom is -0.360 e. The molecule has 0 saturated carbocycles. The summed E-state index contributed by atoms with van der Waals surface area (Å²) in [5.74, 6) is 2.25. The molecule has 0 aliphatic carbocycles. The van der Waals surface area contributed by atoms with Gasteiger partial charge in [0.15, 0.2) is 5.78 Å². The van der Waals surface area contributed by atoms with E-state index in [-0.39, 0.29) is 23.9 Å². The van der Waals surface area contributed by atoms with Crippen LogP contribution in [0.5, 0.6) is 0 Å². The van der Waals surface area contributed by atoms with Crippen molar-refractivity contribution in [3.05, 3.63) is 63.6 Å². The maximum Gasteiger partial charge on any atom is 0.270 e. The lowest BCUT2D eigenvalue weighted by Crippen LogP contribution is -2.27. The van der Waals surface area contributed by atoms with Crippen LogP contribution in [0.15, 0.2) is 45.5 Å². The molecule has 0 saturated heterocycles. The number of aromatic amines is 1. The number of aromatic nitrogens is 2. The summed E-state index contributed by atoms with van der Waals surface area (Å²) in [6.45, 7) is 1.86. The molecule has 2 heterocycles. The summed E-state index contributed by atoms with van der Waals surface area (Å²) in [7, 11) is 1.60. The average Bonchev–Trinajstić information content (AvgIpc) is 3.28. The standard InChI is InChI=1S/C20H16BrN3O3/c1-4-9-24(3)20(26)16-10-14(11-22-16)19(25)17-12(2)27-23-18(17)13-5-7-15(21)8-6-13/h1,5-8,10-11,22H,9H2,2-3H3. The van der Waals surface area contributed by atoms with Gasteiger partial charge in [0.25, 0.3) is 5.91 Å². The Kier molecular flexibility index (Phi) is 5.28. The first kappa shape index (κ1) is 18.7. The molecule has 2 aromatic heterocycles. The predicted octanol–water partition coefficient (Wildman–Crippen LogP) is 3.68. The van der Waals surface area contributed by atoms with E-state index >= 15 is 0 Å². The Bertz CT molecular complexity index is 1040. The molecule has 0 fully saturated rings. The van der Waals surface area contributed by atoms with Crippen molar-refractivity contribution in [3.8, 4) is 23.6 Å². The van der Waals surface area contributed by atoms with Crippen molar-refractivity contribution in [1.29, 1.82) is 0 Å². The van der Waals surface area contributed by atoms with Gasteiger partial charge < -0.3 is 14.4 Å². The zero-order valence-corrected chi connectivity index (χ0v) is 16.3. The Balaban J connectivity index is 1.94. The number of nitrogens with one attached hydrogen (secondary N) is 1. The number of amides is 1. The van der Waals surface area contributed by atoms with Crippen molar-refractivity contribution < 1.29 is 14.1 Å². The lowest BCUT2D eigenvalue weighted by molar-refractivity contribution is 0.0807. The number of ketones is 1. The fourth-order valence-electron chi connectivity index (χ4n) is 2.65. The zero-order chi connectivity index (χ0) is 19.6. The zero-order valence-electron chi connectivity index (χ0n) is 14.7. The van der Waals surface area contributed by atoms with Crippen molar-refractivity contribution in [1.82, 2.24) is 15.0 Å². The largest absolute Gasteiger partial charge is 0.360 e. The van der Waals surface area contributed by atoms with Crippen LogP contribution in [0, 0.1) is 19.3 Å². The molecule has 6 nitrogen and oxygen atoms in total. The molecule has 3 rings (SSSR count). The number of carbonyl (C=O) groups excluding carboxylic acids is 2. The summed E-state index contributed by atoms with van der Waals surface area (Å²) in [4.78, 5) is 29.6. The topological polar surface area (TPSA) is 79.2 Å². The molecule has 3 aromatic rings. The molecule has 0 aliphatic rings. The van der Waals surface area contributed by atoms with E-state index in [2.05, 4.69) is 32.0 Å². The normalized spacial score (nSPS) is 10.4. The molecule has 1 aromatic carbocycles. The first-order valence-electron chi connectivity index (χ1n) is 8.06. The van der Waals surface area contributed by atoms with E-state index in [4.69, 9.17) is 10.9 Å². The molecule has 0 spiro atoms. The second-order valence-corrected chi connectivity index (χ2v) is 6.88. The van der Waals surface area contributed by atoms with Gasteiger partial charge >= 0.3 is 0 Å². The number of carbonyl (C=O) groups is 2. The summed E-state index contributed by atoms with van der Waals surface area (Å²) in [5.41, 5.74) is 2.22. The summed E-state index contributed by atoms with van der Waals surface area (Å²) in [6.07, 6.45) is 6.73. The number of aryl methyl sites for hydroxylation is 1. The number of halogens is 1. The number of benzene rings is 1. The quantitative estimate of drug-likeness (QED) is 0.499. The molecule has 0 aliphatic heterocycles. The second kappa shape index (κ2) is 7.64. The molecular formula is C20H16BrN3O3. The Morgan fingerprint density at radius 3 is 2.70 bits per heavy atom. The average molecular weight is 426 g/mol. The predicted molar refractivity (Wildman–Crippen MR) is 104 cm³/mol. The van der Waals surface area contributed by atoms with Crippen LogP contribution in [0.4, 0.5) is 0 Å². The molecule has 0 unspecified atom stereocenters. The minimum absolute atomic E-state index is 0.180. The third kappa shape index (κ3) is 3.71. The number of rotatable bonds is 5. The summed E-state index contributed by atoms with van der Waals surface area (Å²) in [6, 6.07) is 8.93. The van der Waals surface area contributed by atoms with Gasteiger partial charge in [-0.05, 0) is 25.1 Å². The monoisotopic (exact) mass is 425 g/mol. The highest BCUT2D eigenvalue weighted by Gasteiger charge is 2.24. The van der Waals surface area contributed by atoms with Gasteiger partial charge in [0, 0.05) is 28.8 Å². The van der Waals surface area contributed by atoms with E-state index in [1.165, 1.54) is 17.2 Å². The minimum atomic E-state index is -0.290. The highest BCUT2D eigenvalue weighted by atomic mass is 79.9. The smallest absolute Gasteiger partial charge is 0.270 e.